The molecule has 0 atom stereocenters. The van der Waals surface area contributed by atoms with Gasteiger partial charge in [-0.2, -0.15) is 0 Å². The lowest BCUT2D eigenvalue weighted by molar-refractivity contribution is -0.136. The molecule has 136 valence electrons. The quantitative estimate of drug-likeness (QED) is 0.215. The van der Waals surface area contributed by atoms with E-state index in [0.717, 1.165) is 0 Å². The second kappa shape index (κ2) is 11.8. The number of rotatable bonds is 10. The maximum atomic E-state index is 11.7. The predicted octanol–water partition coefficient (Wildman–Crippen LogP) is -0.0749. The highest BCUT2D eigenvalue weighted by Crippen LogP contribution is 1.98. The maximum absolute atomic E-state index is 11.7. The summed E-state index contributed by atoms with van der Waals surface area (Å²) in [5.74, 6) is -1.69. The highest BCUT2D eigenvalue weighted by Gasteiger charge is 2.23. The molecule has 3 N–H and O–H groups in total. The number of oxime groups is 3. The van der Waals surface area contributed by atoms with Crippen LogP contribution in [-0.4, -0.2) is 82.4 Å². The third kappa shape index (κ3) is 7.54. The zero-order chi connectivity index (χ0) is 18.5. The van der Waals surface area contributed by atoms with Gasteiger partial charge in [0.2, 0.25) is 0 Å². The van der Waals surface area contributed by atoms with Crippen molar-refractivity contribution < 1.29 is 34.7 Å². The van der Waals surface area contributed by atoms with Crippen LogP contribution in [0.2, 0.25) is 0 Å². The minimum atomic E-state index is -0.845. The van der Waals surface area contributed by atoms with Crippen LogP contribution in [0.1, 0.15) is 20.8 Å². The fourth-order valence-electron chi connectivity index (χ4n) is 1.65. The van der Waals surface area contributed by atoms with E-state index in [-0.39, 0.29) is 50.0 Å². The number of carbonyl (C=O) groups is 2. The van der Waals surface area contributed by atoms with Crippen molar-refractivity contribution in [3.05, 3.63) is 0 Å². The molecule has 0 radical (unpaired) electrons. The molecule has 0 heterocycles. The third-order valence-electron chi connectivity index (χ3n) is 2.63. The van der Waals surface area contributed by atoms with Crippen LogP contribution in [-0.2, 0) is 19.1 Å². The molecule has 0 fully saturated rings. The van der Waals surface area contributed by atoms with Crippen molar-refractivity contribution in [2.75, 3.05) is 32.8 Å². The van der Waals surface area contributed by atoms with E-state index in [0.29, 0.717) is 0 Å². The molecule has 0 aliphatic carbocycles. The van der Waals surface area contributed by atoms with Crippen LogP contribution in [0.4, 0.5) is 0 Å². The van der Waals surface area contributed by atoms with Gasteiger partial charge < -0.3 is 25.1 Å². The minimum Gasteiger partial charge on any atom is -0.461 e. The number of hydrogen-bond donors (Lipinski definition) is 3. The summed E-state index contributed by atoms with van der Waals surface area (Å²) in [5, 5.41) is 35.4. The van der Waals surface area contributed by atoms with Gasteiger partial charge in [0.1, 0.15) is 0 Å². The van der Waals surface area contributed by atoms with Crippen LogP contribution < -0.4 is 0 Å². The van der Waals surface area contributed by atoms with Gasteiger partial charge in [-0.05, 0) is 20.8 Å². The molecule has 0 aromatic carbocycles. The lowest BCUT2D eigenvalue weighted by Gasteiger charge is -2.21. The van der Waals surface area contributed by atoms with Crippen LogP contribution in [0.15, 0.2) is 15.5 Å². The molecule has 11 nitrogen and oxygen atoms in total. The van der Waals surface area contributed by atoms with Gasteiger partial charge in [-0.25, -0.2) is 9.59 Å². The Bertz CT molecular complexity index is 480. The molecule has 0 amide bonds. The Morgan fingerprint density at radius 2 is 1.25 bits per heavy atom. The number of carbonyl (C=O) groups excluding carboxylic acids is 2. The summed E-state index contributed by atoms with van der Waals surface area (Å²) < 4.78 is 9.47. The number of hydrogen-bond acceptors (Lipinski definition) is 11. The molecule has 0 aromatic rings. The van der Waals surface area contributed by atoms with Gasteiger partial charge in [0, 0.05) is 6.54 Å². The molecule has 24 heavy (non-hydrogen) atoms. The molecular formula is C13H22N4O7. The molecule has 0 rings (SSSR count). The summed E-state index contributed by atoms with van der Waals surface area (Å²) in [5.41, 5.74) is -0.412. The van der Waals surface area contributed by atoms with Gasteiger partial charge in [-0.15, -0.1) is 0 Å². The lowest BCUT2D eigenvalue weighted by Crippen LogP contribution is -2.42. The average Bonchev–Trinajstić information content (AvgIpc) is 2.56. The van der Waals surface area contributed by atoms with E-state index in [4.69, 9.17) is 25.1 Å². The van der Waals surface area contributed by atoms with E-state index < -0.39 is 11.9 Å². The van der Waals surface area contributed by atoms with Gasteiger partial charge >= 0.3 is 11.9 Å². The number of ether oxygens (including phenoxy) is 2. The van der Waals surface area contributed by atoms with Crippen molar-refractivity contribution in [1.29, 1.82) is 0 Å². The fraction of sp³-hybridized carbons (Fsp3) is 0.615. The van der Waals surface area contributed by atoms with E-state index in [1.165, 1.54) is 11.8 Å². The Balaban J connectivity index is 5.23. The molecule has 0 aromatic heterocycles. The summed E-state index contributed by atoms with van der Waals surface area (Å²) >= 11 is 0. The molecule has 0 saturated heterocycles. The van der Waals surface area contributed by atoms with Crippen LogP contribution in [0.25, 0.3) is 0 Å². The maximum Gasteiger partial charge on any atom is 0.357 e. The standard InChI is InChI=1S/C13H22N4O7/c1-4-23-12(18)10(15-21)7-17(6-9(3)14-20)8-11(16-22)13(19)24-5-2/h20-22H,4-8H2,1-3H3/b14-9-,15-10+,16-11+. The van der Waals surface area contributed by atoms with Crippen LogP contribution in [0.3, 0.4) is 0 Å². The Labute approximate surface area is 138 Å². The Morgan fingerprint density at radius 1 is 0.833 bits per heavy atom. The van der Waals surface area contributed by atoms with Crippen molar-refractivity contribution in [1.82, 2.24) is 4.90 Å². The third-order valence-corrected chi connectivity index (χ3v) is 2.63. The first kappa shape index (κ1) is 21.3. The van der Waals surface area contributed by atoms with Gasteiger partial charge in [0.15, 0.2) is 11.4 Å². The van der Waals surface area contributed by atoms with Crippen LogP contribution >= 0.6 is 0 Å². The average molecular weight is 346 g/mol. The monoisotopic (exact) mass is 346 g/mol. The molecule has 0 bridgehead atoms. The topological polar surface area (TPSA) is 154 Å². The molecule has 0 unspecified atom stereocenters. The smallest absolute Gasteiger partial charge is 0.357 e. The van der Waals surface area contributed by atoms with Crippen LogP contribution in [0.5, 0.6) is 0 Å². The Hall–Kier alpha value is -2.69. The summed E-state index contributed by atoms with van der Waals surface area (Å²) in [6, 6.07) is 0. The summed E-state index contributed by atoms with van der Waals surface area (Å²) in [6.07, 6.45) is 0. The van der Waals surface area contributed by atoms with E-state index >= 15 is 0 Å². The largest absolute Gasteiger partial charge is 0.461 e. The Kier molecular flexibility index (Phi) is 10.5. The van der Waals surface area contributed by atoms with Crippen molar-refractivity contribution in [2.24, 2.45) is 15.5 Å². The zero-order valence-electron chi connectivity index (χ0n) is 13.8. The molecule has 0 saturated carbocycles. The second-order valence-corrected chi connectivity index (χ2v) is 4.51. The second-order valence-electron chi connectivity index (χ2n) is 4.51. The summed E-state index contributed by atoms with van der Waals surface area (Å²) in [7, 11) is 0. The van der Waals surface area contributed by atoms with Crippen molar-refractivity contribution >= 4 is 29.1 Å². The number of esters is 2. The SMILES string of the molecule is CCOC(=O)/C(CN(C/C(C)=N\O)C/C(=N\O)C(=O)OCC)=N/O. The van der Waals surface area contributed by atoms with E-state index in [2.05, 4.69) is 15.5 Å². The van der Waals surface area contributed by atoms with Crippen molar-refractivity contribution in [3.8, 4) is 0 Å². The normalized spacial score (nSPS) is 13.1. The Morgan fingerprint density at radius 3 is 1.54 bits per heavy atom. The first-order chi connectivity index (χ1) is 11.4. The van der Waals surface area contributed by atoms with Crippen molar-refractivity contribution in [3.63, 3.8) is 0 Å². The first-order valence-corrected chi connectivity index (χ1v) is 7.09. The molecule has 11 heteroatoms. The molecule has 0 aliphatic rings. The molecular weight excluding hydrogens is 324 g/mol. The highest BCUT2D eigenvalue weighted by atomic mass is 16.5. The van der Waals surface area contributed by atoms with E-state index in [9.17, 15) is 9.59 Å². The minimum absolute atomic E-state index is 0.00660. The predicted molar refractivity (Wildman–Crippen MR) is 83.0 cm³/mol. The zero-order valence-corrected chi connectivity index (χ0v) is 13.8. The van der Waals surface area contributed by atoms with E-state index in [1.54, 1.807) is 13.8 Å². The summed E-state index contributed by atoms with van der Waals surface area (Å²) in [6.45, 7) is 4.33. The molecule has 0 aliphatic heterocycles. The van der Waals surface area contributed by atoms with Gasteiger partial charge in [-0.1, -0.05) is 15.5 Å². The number of nitrogens with zero attached hydrogens (tertiary/aromatic N) is 4. The first-order valence-electron chi connectivity index (χ1n) is 7.09. The highest BCUT2D eigenvalue weighted by molar-refractivity contribution is 6.38. The van der Waals surface area contributed by atoms with Crippen molar-refractivity contribution in [2.45, 2.75) is 20.8 Å². The molecule has 0 spiro atoms. The van der Waals surface area contributed by atoms with Crippen LogP contribution in [0, 0.1) is 0 Å². The summed E-state index contributed by atoms with van der Waals surface area (Å²) in [4.78, 5) is 24.7. The van der Waals surface area contributed by atoms with E-state index in [1.807, 2.05) is 0 Å². The van der Waals surface area contributed by atoms with Gasteiger partial charge in [0.25, 0.3) is 0 Å². The van der Waals surface area contributed by atoms with Gasteiger partial charge in [0.05, 0.1) is 32.0 Å². The van der Waals surface area contributed by atoms with Gasteiger partial charge in [-0.3, -0.25) is 4.90 Å². The lowest BCUT2D eigenvalue weighted by atomic mass is 10.2. The fourth-order valence-corrected chi connectivity index (χ4v) is 1.65.